The van der Waals surface area contributed by atoms with Crippen molar-refractivity contribution >= 4 is 28.5 Å². The van der Waals surface area contributed by atoms with E-state index in [4.69, 9.17) is 16.3 Å². The summed E-state index contributed by atoms with van der Waals surface area (Å²) in [5.41, 5.74) is 2.42. The first-order valence-electron chi connectivity index (χ1n) is 9.11. The Morgan fingerprint density at radius 2 is 2.00 bits per heavy atom. The van der Waals surface area contributed by atoms with E-state index in [0.29, 0.717) is 34.0 Å². The zero-order valence-electron chi connectivity index (χ0n) is 15.2. The number of carbonyl (C=O) groups is 1. The minimum Gasteiger partial charge on any atom is -0.394 e. The summed E-state index contributed by atoms with van der Waals surface area (Å²) in [6.07, 6.45) is -4.20. The number of halogens is 1. The number of aromatic amines is 1. The number of aromatic nitrogens is 2. The van der Waals surface area contributed by atoms with Crippen LogP contribution in [0, 0.1) is 0 Å². The molecule has 1 saturated heterocycles. The number of hydrogen-bond acceptors (Lipinski definition) is 6. The molecule has 152 valence electrons. The van der Waals surface area contributed by atoms with Crippen LogP contribution in [0.5, 0.6) is 0 Å². The van der Waals surface area contributed by atoms with Crippen LogP contribution in [0.3, 0.4) is 0 Å². The van der Waals surface area contributed by atoms with Gasteiger partial charge in [-0.25, -0.2) is 4.98 Å². The fraction of sp³-hybridized carbons (Fsp3) is 0.300. The number of imidazole rings is 1. The summed E-state index contributed by atoms with van der Waals surface area (Å²) in [6.45, 7) is -0.113. The molecule has 0 aliphatic carbocycles. The van der Waals surface area contributed by atoms with Crippen LogP contribution in [-0.4, -0.2) is 56.1 Å². The summed E-state index contributed by atoms with van der Waals surface area (Å²) in [5, 5.41) is 32.7. The molecule has 5 N–H and O–H groups in total. The third-order valence-corrected chi connectivity index (χ3v) is 5.34. The topological polar surface area (TPSA) is 128 Å². The molecule has 0 bridgehead atoms. The highest BCUT2D eigenvalue weighted by molar-refractivity contribution is 6.31. The second-order valence-corrected chi connectivity index (χ2v) is 7.29. The second kappa shape index (κ2) is 8.10. The fourth-order valence-corrected chi connectivity index (χ4v) is 3.55. The normalized spacial score (nSPS) is 24.1. The van der Waals surface area contributed by atoms with Crippen molar-refractivity contribution in [2.75, 3.05) is 6.61 Å². The summed E-state index contributed by atoms with van der Waals surface area (Å²) in [5.74, 6) is 0.0482. The number of nitrogens with one attached hydrogen (secondary N) is 2. The first-order chi connectivity index (χ1) is 14.0. The van der Waals surface area contributed by atoms with E-state index in [-0.39, 0.29) is 5.91 Å². The molecule has 0 unspecified atom stereocenters. The van der Waals surface area contributed by atoms with Gasteiger partial charge in [0.25, 0.3) is 5.91 Å². The van der Waals surface area contributed by atoms with Crippen molar-refractivity contribution < 1.29 is 24.9 Å². The molecule has 0 saturated carbocycles. The largest absolute Gasteiger partial charge is 0.394 e. The van der Waals surface area contributed by atoms with Gasteiger partial charge in [0.15, 0.2) is 0 Å². The third kappa shape index (κ3) is 3.85. The van der Waals surface area contributed by atoms with Gasteiger partial charge in [-0.05, 0) is 29.8 Å². The Hall–Kier alpha value is -2.49. The van der Waals surface area contributed by atoms with Crippen LogP contribution >= 0.6 is 11.6 Å². The SMILES string of the molecule is O=C(NCc1ccccc1Cl)c1ccc2nc([C@@H]3O[C@H](CO)[C@@H](O)[C@H]3O)[nH]c2c1. The number of H-pyrrole nitrogens is 1. The van der Waals surface area contributed by atoms with Crippen LogP contribution < -0.4 is 5.32 Å². The number of benzene rings is 2. The molecule has 2 aromatic carbocycles. The number of ether oxygens (including phenoxy) is 1. The molecular formula is C20H20ClN3O5. The van der Waals surface area contributed by atoms with Crippen LogP contribution in [0.25, 0.3) is 11.0 Å². The number of amides is 1. The van der Waals surface area contributed by atoms with Gasteiger partial charge in [0.05, 0.1) is 17.6 Å². The predicted octanol–water partition coefficient (Wildman–Crippen LogP) is 1.30. The number of fused-ring (bicyclic) bond motifs is 1. The minimum absolute atomic E-state index is 0.268. The Morgan fingerprint density at radius 3 is 2.72 bits per heavy atom. The molecule has 8 nitrogen and oxygen atoms in total. The summed E-state index contributed by atoms with van der Waals surface area (Å²) in [4.78, 5) is 19.9. The molecule has 1 aromatic heterocycles. The highest BCUT2D eigenvalue weighted by Gasteiger charge is 2.44. The van der Waals surface area contributed by atoms with Gasteiger partial charge < -0.3 is 30.4 Å². The zero-order valence-corrected chi connectivity index (χ0v) is 16.0. The van der Waals surface area contributed by atoms with Crippen LogP contribution in [0.1, 0.15) is 27.8 Å². The van der Waals surface area contributed by atoms with E-state index in [0.717, 1.165) is 5.56 Å². The van der Waals surface area contributed by atoms with Crippen molar-refractivity contribution in [3.63, 3.8) is 0 Å². The molecule has 4 atom stereocenters. The van der Waals surface area contributed by atoms with Crippen LogP contribution in [-0.2, 0) is 11.3 Å². The molecule has 4 rings (SSSR count). The number of rotatable bonds is 5. The van der Waals surface area contributed by atoms with Gasteiger partial charge in [-0.3, -0.25) is 4.79 Å². The molecular weight excluding hydrogens is 398 g/mol. The standard InChI is InChI=1S/C20H20ClN3O5/c21-12-4-2-1-3-11(12)8-22-20(28)10-5-6-13-14(7-10)24-19(23-13)18-17(27)16(26)15(9-25)29-18/h1-7,15-18,25-27H,8-9H2,(H,22,28)(H,23,24)/t15-,16-,17-,18-/m1/s1. The predicted molar refractivity (Wildman–Crippen MR) is 105 cm³/mol. The van der Waals surface area contributed by atoms with E-state index in [2.05, 4.69) is 15.3 Å². The van der Waals surface area contributed by atoms with Gasteiger partial charge in [-0.15, -0.1) is 0 Å². The fourth-order valence-electron chi connectivity index (χ4n) is 3.35. The summed E-state index contributed by atoms with van der Waals surface area (Å²) < 4.78 is 5.49. The van der Waals surface area contributed by atoms with Gasteiger partial charge in [0.1, 0.15) is 30.2 Å². The highest BCUT2D eigenvalue weighted by Crippen LogP contribution is 2.33. The lowest BCUT2D eigenvalue weighted by Crippen LogP contribution is -2.32. The summed E-state index contributed by atoms with van der Waals surface area (Å²) in [6, 6.07) is 12.3. The molecule has 1 aliphatic rings. The Morgan fingerprint density at radius 1 is 1.21 bits per heavy atom. The zero-order chi connectivity index (χ0) is 20.5. The molecule has 1 amide bonds. The van der Waals surface area contributed by atoms with Crippen LogP contribution in [0.2, 0.25) is 5.02 Å². The average Bonchev–Trinajstić information content (AvgIpc) is 3.27. The number of aliphatic hydroxyl groups is 3. The highest BCUT2D eigenvalue weighted by atomic mass is 35.5. The molecule has 2 heterocycles. The number of aliphatic hydroxyl groups excluding tert-OH is 3. The molecule has 0 radical (unpaired) electrons. The molecule has 29 heavy (non-hydrogen) atoms. The Balaban J connectivity index is 1.51. The first kappa shape index (κ1) is 19.8. The van der Waals surface area contributed by atoms with Crippen molar-refractivity contribution in [1.29, 1.82) is 0 Å². The molecule has 0 spiro atoms. The van der Waals surface area contributed by atoms with Gasteiger partial charge in [-0.1, -0.05) is 29.8 Å². The minimum atomic E-state index is -1.22. The molecule has 3 aromatic rings. The van der Waals surface area contributed by atoms with Crippen molar-refractivity contribution in [1.82, 2.24) is 15.3 Å². The number of carbonyl (C=O) groups excluding carboxylic acids is 1. The van der Waals surface area contributed by atoms with E-state index in [9.17, 15) is 20.1 Å². The van der Waals surface area contributed by atoms with E-state index in [1.807, 2.05) is 18.2 Å². The smallest absolute Gasteiger partial charge is 0.251 e. The third-order valence-electron chi connectivity index (χ3n) is 4.97. The van der Waals surface area contributed by atoms with Crippen molar-refractivity contribution in [2.24, 2.45) is 0 Å². The quantitative estimate of drug-likeness (QED) is 0.426. The lowest BCUT2D eigenvalue weighted by atomic mass is 10.1. The maximum absolute atomic E-state index is 12.5. The van der Waals surface area contributed by atoms with Crippen molar-refractivity contribution in [3.05, 3.63) is 64.4 Å². The van der Waals surface area contributed by atoms with E-state index in [1.54, 1.807) is 24.3 Å². The van der Waals surface area contributed by atoms with Crippen molar-refractivity contribution in [3.8, 4) is 0 Å². The summed E-state index contributed by atoms with van der Waals surface area (Å²) >= 11 is 6.11. The first-order valence-corrected chi connectivity index (χ1v) is 9.49. The maximum Gasteiger partial charge on any atom is 0.251 e. The number of hydrogen-bond donors (Lipinski definition) is 5. The van der Waals surface area contributed by atoms with Crippen LogP contribution in [0.15, 0.2) is 42.5 Å². The monoisotopic (exact) mass is 417 g/mol. The molecule has 9 heteroatoms. The van der Waals surface area contributed by atoms with Gasteiger partial charge >= 0.3 is 0 Å². The van der Waals surface area contributed by atoms with Crippen LogP contribution in [0.4, 0.5) is 0 Å². The Labute approximate surface area is 171 Å². The van der Waals surface area contributed by atoms with Gasteiger partial charge in [0, 0.05) is 17.1 Å². The van der Waals surface area contributed by atoms with E-state index >= 15 is 0 Å². The van der Waals surface area contributed by atoms with E-state index < -0.39 is 31.0 Å². The van der Waals surface area contributed by atoms with Gasteiger partial charge in [-0.2, -0.15) is 0 Å². The van der Waals surface area contributed by atoms with Gasteiger partial charge in [0.2, 0.25) is 0 Å². The maximum atomic E-state index is 12.5. The second-order valence-electron chi connectivity index (χ2n) is 6.89. The number of nitrogens with zero attached hydrogens (tertiary/aromatic N) is 1. The Kier molecular flexibility index (Phi) is 5.53. The summed E-state index contributed by atoms with van der Waals surface area (Å²) in [7, 11) is 0. The average molecular weight is 418 g/mol. The van der Waals surface area contributed by atoms with Crippen molar-refractivity contribution in [2.45, 2.75) is 31.0 Å². The lowest BCUT2D eigenvalue weighted by Gasteiger charge is -2.11. The molecule has 1 fully saturated rings. The Bertz CT molecular complexity index is 1040. The molecule has 1 aliphatic heterocycles. The lowest BCUT2D eigenvalue weighted by molar-refractivity contribution is -0.0249. The van der Waals surface area contributed by atoms with E-state index in [1.165, 1.54) is 0 Å².